The predicted molar refractivity (Wildman–Crippen MR) is 88.1 cm³/mol. The monoisotopic (exact) mass is 299 g/mol. The van der Waals surface area contributed by atoms with Crippen molar-refractivity contribution in [2.24, 2.45) is 5.92 Å². The number of piperidine rings is 1. The van der Waals surface area contributed by atoms with Crippen LogP contribution in [0.4, 0.5) is 0 Å². The molecule has 1 N–H and O–H groups in total. The first-order chi connectivity index (χ1) is 10.8. The molecule has 1 saturated heterocycles. The Morgan fingerprint density at radius 1 is 1.36 bits per heavy atom. The summed E-state index contributed by atoms with van der Waals surface area (Å²) < 4.78 is 6.03. The fourth-order valence-electron chi connectivity index (χ4n) is 3.12. The second-order valence-corrected chi connectivity index (χ2v) is 6.17. The Balaban J connectivity index is 1.45. The maximum absolute atomic E-state index is 6.03. The summed E-state index contributed by atoms with van der Waals surface area (Å²) in [6.07, 6.45) is 7.25. The summed E-state index contributed by atoms with van der Waals surface area (Å²) in [5.74, 6) is 2.73. The number of H-pyrrole nitrogens is 1. The van der Waals surface area contributed by atoms with Gasteiger partial charge in [0.25, 0.3) is 0 Å². The number of ether oxygens (including phenoxy) is 1. The fraction of sp³-hybridized carbons (Fsp3) is 0.500. The molecule has 118 valence electrons. The molecule has 0 radical (unpaired) electrons. The molecule has 1 fully saturated rings. The van der Waals surface area contributed by atoms with E-state index in [1.807, 2.05) is 18.5 Å². The quantitative estimate of drug-likeness (QED) is 0.891. The molecule has 0 aliphatic carbocycles. The van der Waals surface area contributed by atoms with E-state index in [0.29, 0.717) is 5.92 Å². The van der Waals surface area contributed by atoms with E-state index < -0.39 is 0 Å². The standard InChI is InChI=1S/C18H25N3O/c1-15-5-2-3-7-17(15)22-14-16-6-4-11-21(13-16)12-8-18-19-9-10-20-18/h2-3,5,7,9-10,16H,4,6,8,11-14H2,1H3,(H,19,20)/t16-/m0/s1. The molecule has 2 aromatic rings. The predicted octanol–water partition coefficient (Wildman–Crippen LogP) is 3.05. The normalized spacial score (nSPS) is 19.2. The first-order valence-corrected chi connectivity index (χ1v) is 8.20. The number of aromatic amines is 1. The Hall–Kier alpha value is -1.81. The summed E-state index contributed by atoms with van der Waals surface area (Å²) in [5, 5.41) is 0. The summed E-state index contributed by atoms with van der Waals surface area (Å²) in [5.41, 5.74) is 1.22. The van der Waals surface area contributed by atoms with Crippen LogP contribution in [0, 0.1) is 12.8 Å². The van der Waals surface area contributed by atoms with Gasteiger partial charge in [-0.15, -0.1) is 0 Å². The Labute approximate surface area is 132 Å². The number of rotatable bonds is 6. The van der Waals surface area contributed by atoms with Crippen molar-refractivity contribution in [3.8, 4) is 5.75 Å². The number of hydrogen-bond donors (Lipinski definition) is 1. The molecule has 4 heteroatoms. The highest BCUT2D eigenvalue weighted by atomic mass is 16.5. The van der Waals surface area contributed by atoms with Gasteiger partial charge in [-0.2, -0.15) is 0 Å². The van der Waals surface area contributed by atoms with Crippen LogP contribution in [0.15, 0.2) is 36.7 Å². The molecular weight excluding hydrogens is 274 g/mol. The zero-order valence-electron chi connectivity index (χ0n) is 13.3. The Morgan fingerprint density at radius 2 is 2.27 bits per heavy atom. The molecule has 1 atom stereocenters. The smallest absolute Gasteiger partial charge is 0.122 e. The molecule has 22 heavy (non-hydrogen) atoms. The number of imidazole rings is 1. The van der Waals surface area contributed by atoms with Gasteiger partial charge >= 0.3 is 0 Å². The van der Waals surface area contributed by atoms with Gasteiger partial charge in [-0.1, -0.05) is 18.2 Å². The van der Waals surface area contributed by atoms with Gasteiger partial charge in [0, 0.05) is 37.8 Å². The zero-order chi connectivity index (χ0) is 15.2. The molecule has 0 unspecified atom stereocenters. The molecule has 1 aliphatic rings. The van der Waals surface area contributed by atoms with Crippen LogP contribution < -0.4 is 4.74 Å². The Bertz CT molecular complexity index is 567. The van der Waals surface area contributed by atoms with Crippen molar-refractivity contribution in [2.75, 3.05) is 26.2 Å². The lowest BCUT2D eigenvalue weighted by Crippen LogP contribution is -2.38. The van der Waals surface area contributed by atoms with E-state index in [9.17, 15) is 0 Å². The first kappa shape index (κ1) is 15.1. The topological polar surface area (TPSA) is 41.1 Å². The number of para-hydroxylation sites is 1. The minimum absolute atomic E-state index is 0.630. The third-order valence-electron chi connectivity index (χ3n) is 4.39. The van der Waals surface area contributed by atoms with Crippen molar-refractivity contribution in [2.45, 2.75) is 26.2 Å². The summed E-state index contributed by atoms with van der Waals surface area (Å²) in [6, 6.07) is 8.26. The number of benzene rings is 1. The number of aromatic nitrogens is 2. The van der Waals surface area contributed by atoms with Gasteiger partial charge in [0.15, 0.2) is 0 Å². The molecule has 1 aliphatic heterocycles. The Kier molecular flexibility index (Phi) is 5.11. The van der Waals surface area contributed by atoms with E-state index >= 15 is 0 Å². The van der Waals surface area contributed by atoms with Crippen molar-refractivity contribution in [1.82, 2.24) is 14.9 Å². The number of aryl methyl sites for hydroxylation is 1. The molecule has 1 aromatic carbocycles. The number of likely N-dealkylation sites (tertiary alicyclic amines) is 1. The minimum Gasteiger partial charge on any atom is -0.493 e. The second-order valence-electron chi connectivity index (χ2n) is 6.17. The molecule has 2 heterocycles. The van der Waals surface area contributed by atoms with Gasteiger partial charge in [-0.25, -0.2) is 4.98 Å². The second kappa shape index (κ2) is 7.45. The molecule has 0 amide bonds. The van der Waals surface area contributed by atoms with Gasteiger partial charge in [0.2, 0.25) is 0 Å². The lowest BCUT2D eigenvalue weighted by Gasteiger charge is -2.32. The van der Waals surface area contributed by atoms with Gasteiger partial charge in [-0.05, 0) is 37.9 Å². The van der Waals surface area contributed by atoms with Gasteiger partial charge in [-0.3, -0.25) is 0 Å². The zero-order valence-corrected chi connectivity index (χ0v) is 13.3. The van der Waals surface area contributed by atoms with Crippen LogP contribution >= 0.6 is 0 Å². The maximum Gasteiger partial charge on any atom is 0.122 e. The molecule has 4 nitrogen and oxygen atoms in total. The van der Waals surface area contributed by atoms with E-state index in [1.165, 1.54) is 24.9 Å². The summed E-state index contributed by atoms with van der Waals surface area (Å²) >= 11 is 0. The van der Waals surface area contributed by atoms with Crippen LogP contribution in [-0.2, 0) is 6.42 Å². The van der Waals surface area contributed by atoms with E-state index in [4.69, 9.17) is 4.74 Å². The molecular formula is C18H25N3O. The van der Waals surface area contributed by atoms with Gasteiger partial charge in [0.1, 0.15) is 11.6 Å². The van der Waals surface area contributed by atoms with Crippen LogP contribution in [0.1, 0.15) is 24.2 Å². The van der Waals surface area contributed by atoms with E-state index in [-0.39, 0.29) is 0 Å². The number of nitrogens with one attached hydrogen (secondary N) is 1. The van der Waals surface area contributed by atoms with Crippen molar-refractivity contribution >= 4 is 0 Å². The molecule has 0 bridgehead atoms. The van der Waals surface area contributed by atoms with Crippen molar-refractivity contribution in [3.05, 3.63) is 48.0 Å². The molecule has 0 saturated carbocycles. The van der Waals surface area contributed by atoms with Crippen molar-refractivity contribution in [3.63, 3.8) is 0 Å². The van der Waals surface area contributed by atoms with Crippen LogP contribution in [0.25, 0.3) is 0 Å². The van der Waals surface area contributed by atoms with Crippen LogP contribution in [0.5, 0.6) is 5.75 Å². The van der Waals surface area contributed by atoms with Crippen LogP contribution in [0.3, 0.4) is 0 Å². The maximum atomic E-state index is 6.03. The molecule has 3 rings (SSSR count). The number of hydrogen-bond acceptors (Lipinski definition) is 3. The van der Waals surface area contributed by atoms with Crippen LogP contribution in [-0.4, -0.2) is 41.1 Å². The van der Waals surface area contributed by atoms with Gasteiger partial charge < -0.3 is 14.6 Å². The van der Waals surface area contributed by atoms with E-state index in [2.05, 4.69) is 40.0 Å². The molecule has 1 aromatic heterocycles. The SMILES string of the molecule is Cc1ccccc1OC[C@H]1CCCN(CCc2ncc[nH]2)C1. The number of nitrogens with zero attached hydrogens (tertiary/aromatic N) is 2. The highest BCUT2D eigenvalue weighted by Gasteiger charge is 2.20. The van der Waals surface area contributed by atoms with E-state index in [0.717, 1.165) is 37.7 Å². The average molecular weight is 299 g/mol. The van der Waals surface area contributed by atoms with Crippen LogP contribution in [0.2, 0.25) is 0 Å². The highest BCUT2D eigenvalue weighted by Crippen LogP contribution is 2.21. The lowest BCUT2D eigenvalue weighted by molar-refractivity contribution is 0.130. The third-order valence-corrected chi connectivity index (χ3v) is 4.39. The summed E-state index contributed by atoms with van der Waals surface area (Å²) in [7, 11) is 0. The van der Waals surface area contributed by atoms with Crippen molar-refractivity contribution < 1.29 is 4.74 Å². The first-order valence-electron chi connectivity index (χ1n) is 8.20. The largest absolute Gasteiger partial charge is 0.493 e. The Morgan fingerprint density at radius 3 is 3.09 bits per heavy atom. The average Bonchev–Trinajstić information content (AvgIpc) is 3.06. The lowest BCUT2D eigenvalue weighted by atomic mass is 9.99. The summed E-state index contributed by atoms with van der Waals surface area (Å²) in [6.45, 7) is 6.33. The van der Waals surface area contributed by atoms with Gasteiger partial charge in [0.05, 0.1) is 6.61 Å². The molecule has 0 spiro atoms. The highest BCUT2D eigenvalue weighted by molar-refractivity contribution is 5.31. The van der Waals surface area contributed by atoms with Crippen molar-refractivity contribution in [1.29, 1.82) is 0 Å². The summed E-state index contributed by atoms with van der Waals surface area (Å²) in [4.78, 5) is 10.0. The minimum atomic E-state index is 0.630. The fourth-order valence-corrected chi connectivity index (χ4v) is 3.12. The van der Waals surface area contributed by atoms with E-state index in [1.54, 1.807) is 0 Å². The third kappa shape index (κ3) is 4.10.